The molecule has 0 saturated carbocycles. The number of carbonyl (C=O) groups is 1. The third kappa shape index (κ3) is 4.73. The molecule has 28 heavy (non-hydrogen) atoms. The van der Waals surface area contributed by atoms with Crippen LogP contribution in [0.4, 0.5) is 17.1 Å². The van der Waals surface area contributed by atoms with Crippen LogP contribution in [-0.2, 0) is 0 Å². The lowest BCUT2D eigenvalue weighted by Crippen LogP contribution is -2.12. The summed E-state index contributed by atoms with van der Waals surface area (Å²) in [6, 6.07) is 20.2. The van der Waals surface area contributed by atoms with Crippen LogP contribution in [0.15, 0.2) is 66.7 Å². The van der Waals surface area contributed by atoms with Gasteiger partial charge in [0.05, 0.1) is 21.3 Å². The highest BCUT2D eigenvalue weighted by molar-refractivity contribution is 6.04. The molecule has 6 heteroatoms. The summed E-state index contributed by atoms with van der Waals surface area (Å²) in [7, 11) is 4.73. The van der Waals surface area contributed by atoms with Crippen molar-refractivity contribution in [2.45, 2.75) is 0 Å². The largest absolute Gasteiger partial charge is 0.497 e. The van der Waals surface area contributed by atoms with Gasteiger partial charge in [-0.1, -0.05) is 0 Å². The predicted octanol–water partition coefficient (Wildman–Crippen LogP) is 4.71. The molecule has 0 heterocycles. The molecular formula is C22H22N2O4. The van der Waals surface area contributed by atoms with Crippen molar-refractivity contribution in [1.29, 1.82) is 0 Å². The van der Waals surface area contributed by atoms with E-state index in [2.05, 4.69) is 10.6 Å². The minimum absolute atomic E-state index is 0.243. The van der Waals surface area contributed by atoms with Gasteiger partial charge in [-0.25, -0.2) is 0 Å². The fourth-order valence-corrected chi connectivity index (χ4v) is 2.62. The zero-order valence-electron chi connectivity index (χ0n) is 16.0. The molecule has 0 unspecified atom stereocenters. The van der Waals surface area contributed by atoms with Gasteiger partial charge in [0.15, 0.2) is 0 Å². The minimum atomic E-state index is -0.243. The van der Waals surface area contributed by atoms with Crippen LogP contribution in [0.3, 0.4) is 0 Å². The Kier molecular flexibility index (Phi) is 6.01. The molecule has 0 aliphatic rings. The molecule has 1 amide bonds. The molecule has 2 N–H and O–H groups in total. The van der Waals surface area contributed by atoms with Crippen molar-refractivity contribution in [2.75, 3.05) is 32.0 Å². The Balaban J connectivity index is 1.67. The molecule has 0 atom stereocenters. The van der Waals surface area contributed by atoms with Crippen LogP contribution in [0.2, 0.25) is 0 Å². The summed E-state index contributed by atoms with van der Waals surface area (Å²) in [5, 5.41) is 6.17. The Labute approximate surface area is 164 Å². The maximum atomic E-state index is 12.5. The summed E-state index contributed by atoms with van der Waals surface area (Å²) in [5.41, 5.74) is 3.00. The maximum absolute atomic E-state index is 12.5. The highest BCUT2D eigenvalue weighted by Crippen LogP contribution is 2.24. The quantitative estimate of drug-likeness (QED) is 0.623. The normalized spacial score (nSPS) is 10.1. The Hall–Kier alpha value is -3.67. The second kappa shape index (κ2) is 8.81. The Bertz CT molecular complexity index is 916. The first-order valence-corrected chi connectivity index (χ1v) is 8.67. The lowest BCUT2D eigenvalue weighted by atomic mass is 10.1. The van der Waals surface area contributed by atoms with Gasteiger partial charge in [0.1, 0.15) is 17.2 Å². The second-order valence-corrected chi connectivity index (χ2v) is 5.99. The summed E-state index contributed by atoms with van der Waals surface area (Å²) in [5.74, 6) is 1.68. The third-order valence-electron chi connectivity index (χ3n) is 4.14. The average molecular weight is 378 g/mol. The van der Waals surface area contributed by atoms with E-state index in [4.69, 9.17) is 14.2 Å². The number of methoxy groups -OCH3 is 3. The zero-order valence-corrected chi connectivity index (χ0v) is 16.0. The topological polar surface area (TPSA) is 68.8 Å². The minimum Gasteiger partial charge on any atom is -0.497 e. The van der Waals surface area contributed by atoms with Gasteiger partial charge in [0, 0.05) is 28.7 Å². The molecule has 0 spiro atoms. The number of anilines is 3. The van der Waals surface area contributed by atoms with Crippen LogP contribution in [0.1, 0.15) is 10.4 Å². The van der Waals surface area contributed by atoms with E-state index in [1.54, 1.807) is 39.5 Å². The van der Waals surface area contributed by atoms with Crippen LogP contribution < -0.4 is 24.8 Å². The second-order valence-electron chi connectivity index (χ2n) is 5.99. The highest BCUT2D eigenvalue weighted by Gasteiger charge is 2.10. The van der Waals surface area contributed by atoms with Crippen LogP contribution in [0, 0.1) is 0 Å². The number of ether oxygens (including phenoxy) is 3. The Morgan fingerprint density at radius 1 is 0.643 bits per heavy atom. The first-order chi connectivity index (χ1) is 13.6. The van der Waals surface area contributed by atoms with Crippen molar-refractivity contribution < 1.29 is 19.0 Å². The molecule has 0 radical (unpaired) electrons. The van der Waals surface area contributed by atoms with Crippen LogP contribution in [-0.4, -0.2) is 27.2 Å². The Morgan fingerprint density at radius 3 is 1.61 bits per heavy atom. The molecule has 0 saturated heterocycles. The van der Waals surface area contributed by atoms with Gasteiger partial charge in [-0.3, -0.25) is 4.79 Å². The number of amides is 1. The number of nitrogens with one attached hydrogen (secondary N) is 2. The van der Waals surface area contributed by atoms with Crippen molar-refractivity contribution in [3.63, 3.8) is 0 Å². The van der Waals surface area contributed by atoms with Gasteiger partial charge >= 0.3 is 0 Å². The van der Waals surface area contributed by atoms with E-state index in [1.165, 1.54) is 0 Å². The number of benzene rings is 3. The molecule has 0 fully saturated rings. The molecule has 0 bridgehead atoms. The van der Waals surface area contributed by atoms with E-state index in [-0.39, 0.29) is 5.91 Å². The van der Waals surface area contributed by atoms with Gasteiger partial charge in [0.25, 0.3) is 5.91 Å². The van der Waals surface area contributed by atoms with Crippen molar-refractivity contribution in [3.8, 4) is 17.2 Å². The van der Waals surface area contributed by atoms with Crippen LogP contribution >= 0.6 is 0 Å². The monoisotopic (exact) mass is 378 g/mol. The molecule has 3 rings (SSSR count). The first kappa shape index (κ1) is 19.1. The third-order valence-corrected chi connectivity index (χ3v) is 4.14. The van der Waals surface area contributed by atoms with Crippen molar-refractivity contribution >= 4 is 23.0 Å². The molecule has 144 valence electrons. The SMILES string of the molecule is COc1ccc(Nc2ccc(NC(=O)c3cc(OC)cc(OC)c3)cc2)cc1. The standard InChI is InChI=1S/C22H22N2O4/c1-26-19-10-8-17(9-11-19)23-16-4-6-18(7-5-16)24-22(25)15-12-20(27-2)14-21(13-15)28-3/h4-14,23H,1-3H3,(H,24,25). The molecule has 3 aromatic rings. The lowest BCUT2D eigenvalue weighted by molar-refractivity contribution is 0.102. The van der Waals surface area contributed by atoms with E-state index < -0.39 is 0 Å². The van der Waals surface area contributed by atoms with Gasteiger partial charge in [0.2, 0.25) is 0 Å². The summed E-state index contributed by atoms with van der Waals surface area (Å²) < 4.78 is 15.6. The summed E-state index contributed by atoms with van der Waals surface area (Å²) >= 11 is 0. The van der Waals surface area contributed by atoms with Crippen LogP contribution in [0.5, 0.6) is 17.2 Å². The number of hydrogen-bond donors (Lipinski definition) is 2. The van der Waals surface area contributed by atoms with E-state index in [0.29, 0.717) is 22.7 Å². The number of hydrogen-bond acceptors (Lipinski definition) is 5. The number of rotatable bonds is 7. The summed E-state index contributed by atoms with van der Waals surface area (Å²) in [4.78, 5) is 12.5. The Morgan fingerprint density at radius 2 is 1.11 bits per heavy atom. The summed E-state index contributed by atoms with van der Waals surface area (Å²) in [6.07, 6.45) is 0. The van der Waals surface area contributed by atoms with Crippen molar-refractivity contribution in [1.82, 2.24) is 0 Å². The molecule has 3 aromatic carbocycles. The predicted molar refractivity (Wildman–Crippen MR) is 110 cm³/mol. The molecule has 0 aromatic heterocycles. The van der Waals surface area contributed by atoms with E-state index in [9.17, 15) is 4.79 Å². The average Bonchev–Trinajstić information content (AvgIpc) is 2.75. The molecule has 6 nitrogen and oxygen atoms in total. The fourth-order valence-electron chi connectivity index (χ4n) is 2.62. The van der Waals surface area contributed by atoms with Crippen molar-refractivity contribution in [2.24, 2.45) is 0 Å². The van der Waals surface area contributed by atoms with Gasteiger partial charge in [-0.05, 0) is 60.7 Å². The highest BCUT2D eigenvalue weighted by atomic mass is 16.5. The van der Waals surface area contributed by atoms with E-state index >= 15 is 0 Å². The number of carbonyl (C=O) groups excluding carboxylic acids is 1. The van der Waals surface area contributed by atoms with E-state index in [1.807, 2.05) is 48.5 Å². The first-order valence-electron chi connectivity index (χ1n) is 8.67. The van der Waals surface area contributed by atoms with Crippen molar-refractivity contribution in [3.05, 3.63) is 72.3 Å². The van der Waals surface area contributed by atoms with Gasteiger partial charge < -0.3 is 24.8 Å². The zero-order chi connectivity index (χ0) is 19.9. The van der Waals surface area contributed by atoms with Gasteiger partial charge in [-0.15, -0.1) is 0 Å². The van der Waals surface area contributed by atoms with Gasteiger partial charge in [-0.2, -0.15) is 0 Å². The maximum Gasteiger partial charge on any atom is 0.255 e. The smallest absolute Gasteiger partial charge is 0.255 e. The fraction of sp³-hybridized carbons (Fsp3) is 0.136. The molecular weight excluding hydrogens is 356 g/mol. The molecule has 0 aliphatic heterocycles. The van der Waals surface area contributed by atoms with Crippen LogP contribution in [0.25, 0.3) is 0 Å². The molecule has 0 aliphatic carbocycles. The lowest BCUT2D eigenvalue weighted by Gasteiger charge is -2.11. The summed E-state index contributed by atoms with van der Waals surface area (Å²) in [6.45, 7) is 0. The van der Waals surface area contributed by atoms with E-state index in [0.717, 1.165) is 17.1 Å².